The number of primary sulfonamides is 1. The third kappa shape index (κ3) is 8.30. The maximum Gasteiger partial charge on any atom is 0.238 e. The van der Waals surface area contributed by atoms with Crippen LogP contribution < -0.4 is 15.8 Å². The molecule has 1 aromatic carbocycles. The Bertz CT molecular complexity index is 708. The van der Waals surface area contributed by atoms with Crippen LogP contribution in [0.25, 0.3) is 0 Å². The van der Waals surface area contributed by atoms with Crippen LogP contribution in [0.1, 0.15) is 19.4 Å². The van der Waals surface area contributed by atoms with Gasteiger partial charge in [-0.2, -0.15) is 0 Å². The van der Waals surface area contributed by atoms with E-state index in [2.05, 4.69) is 27.4 Å². The highest BCUT2D eigenvalue weighted by molar-refractivity contribution is 14.0. The van der Waals surface area contributed by atoms with Gasteiger partial charge in [-0.15, -0.1) is 24.0 Å². The molecule has 1 aromatic rings. The Hall–Kier alpha value is -0.950. The van der Waals surface area contributed by atoms with Gasteiger partial charge in [-0.3, -0.25) is 4.90 Å². The van der Waals surface area contributed by atoms with Crippen molar-refractivity contribution in [2.24, 2.45) is 10.1 Å². The van der Waals surface area contributed by atoms with Gasteiger partial charge in [0.25, 0.3) is 0 Å². The average Bonchev–Trinajstić information content (AvgIpc) is 2.64. The number of nitrogens with one attached hydrogen (secondary N) is 2. The van der Waals surface area contributed by atoms with Crippen molar-refractivity contribution in [3.63, 3.8) is 0 Å². The van der Waals surface area contributed by atoms with E-state index in [1.54, 1.807) is 12.1 Å². The molecule has 1 atom stereocenters. The lowest BCUT2D eigenvalue weighted by atomic mass is 10.2. The van der Waals surface area contributed by atoms with E-state index in [-0.39, 0.29) is 28.9 Å². The molecule has 154 valence electrons. The van der Waals surface area contributed by atoms with Gasteiger partial charge in [0, 0.05) is 32.2 Å². The fraction of sp³-hybridized carbons (Fsp3) is 0.588. The summed E-state index contributed by atoms with van der Waals surface area (Å²) in [7, 11) is -3.70. The Labute approximate surface area is 179 Å². The predicted octanol–water partition coefficient (Wildman–Crippen LogP) is 0.728. The van der Waals surface area contributed by atoms with Gasteiger partial charge in [0.2, 0.25) is 10.0 Å². The molecule has 8 nitrogen and oxygen atoms in total. The first-order valence-electron chi connectivity index (χ1n) is 8.86. The van der Waals surface area contributed by atoms with Gasteiger partial charge in [0.05, 0.1) is 24.7 Å². The molecular weight excluding hydrogens is 481 g/mol. The molecule has 1 fully saturated rings. The summed E-state index contributed by atoms with van der Waals surface area (Å²) in [5, 5.41) is 11.7. The smallest absolute Gasteiger partial charge is 0.238 e. The van der Waals surface area contributed by atoms with Gasteiger partial charge < -0.3 is 15.4 Å². The summed E-state index contributed by atoms with van der Waals surface area (Å²) < 4.78 is 28.3. The Morgan fingerprint density at radius 1 is 1.33 bits per heavy atom. The van der Waals surface area contributed by atoms with Crippen LogP contribution in [0.4, 0.5) is 0 Å². The third-order valence-electron chi connectivity index (χ3n) is 4.22. The number of ether oxygens (including phenoxy) is 1. The first-order chi connectivity index (χ1) is 12.4. The van der Waals surface area contributed by atoms with Crippen LogP contribution in [-0.2, 0) is 21.3 Å². The second-order valence-electron chi connectivity index (χ2n) is 6.27. The number of rotatable bonds is 7. The monoisotopic (exact) mass is 511 g/mol. The number of guanidine groups is 1. The van der Waals surface area contributed by atoms with Crippen LogP contribution in [0.15, 0.2) is 34.2 Å². The lowest BCUT2D eigenvalue weighted by Crippen LogP contribution is -2.49. The van der Waals surface area contributed by atoms with Gasteiger partial charge >= 0.3 is 0 Å². The first kappa shape index (κ1) is 24.1. The molecule has 0 radical (unpaired) electrons. The van der Waals surface area contributed by atoms with Crippen molar-refractivity contribution in [2.75, 3.05) is 39.4 Å². The highest BCUT2D eigenvalue weighted by Gasteiger charge is 2.17. The van der Waals surface area contributed by atoms with Gasteiger partial charge in [-0.1, -0.05) is 12.1 Å². The number of halogens is 1. The molecule has 2 rings (SSSR count). The minimum Gasteiger partial charge on any atom is -0.379 e. The maximum absolute atomic E-state index is 11.5. The summed E-state index contributed by atoms with van der Waals surface area (Å²) in [4.78, 5) is 7.03. The zero-order valence-electron chi connectivity index (χ0n) is 15.8. The number of morpholine rings is 1. The Kier molecular flexibility index (Phi) is 10.5. The summed E-state index contributed by atoms with van der Waals surface area (Å²) in [6, 6.07) is 6.91. The first-order valence-corrected chi connectivity index (χ1v) is 10.4. The van der Waals surface area contributed by atoms with Crippen LogP contribution in [0.5, 0.6) is 0 Å². The van der Waals surface area contributed by atoms with Crippen molar-refractivity contribution in [3.8, 4) is 0 Å². The lowest BCUT2D eigenvalue weighted by molar-refractivity contribution is 0.0211. The van der Waals surface area contributed by atoms with E-state index in [9.17, 15) is 8.42 Å². The van der Waals surface area contributed by atoms with Gasteiger partial charge in [-0.05, 0) is 31.5 Å². The molecule has 0 aromatic heterocycles. The molecule has 1 saturated heterocycles. The van der Waals surface area contributed by atoms with E-state index in [0.29, 0.717) is 18.5 Å². The quantitative estimate of drug-likeness (QED) is 0.283. The van der Waals surface area contributed by atoms with E-state index in [0.717, 1.165) is 45.0 Å². The third-order valence-corrected chi connectivity index (χ3v) is 5.14. The van der Waals surface area contributed by atoms with Crippen LogP contribution in [0.3, 0.4) is 0 Å². The van der Waals surface area contributed by atoms with E-state index in [1.807, 2.05) is 13.0 Å². The van der Waals surface area contributed by atoms with Crippen molar-refractivity contribution in [3.05, 3.63) is 29.8 Å². The lowest BCUT2D eigenvalue weighted by Gasteiger charge is -2.32. The normalized spacial score (nSPS) is 17.1. The highest BCUT2D eigenvalue weighted by atomic mass is 127. The summed E-state index contributed by atoms with van der Waals surface area (Å²) >= 11 is 0. The zero-order valence-corrected chi connectivity index (χ0v) is 19.0. The topological polar surface area (TPSA) is 109 Å². The number of hydrogen-bond acceptors (Lipinski definition) is 5. The molecule has 1 aliphatic rings. The molecule has 1 aliphatic heterocycles. The molecule has 0 spiro atoms. The number of nitrogens with two attached hydrogens (primary N) is 1. The SMILES string of the molecule is CCNC(=NCc1cccc(S(N)(=O)=O)c1)NCC(C)N1CCOCC1.I. The van der Waals surface area contributed by atoms with E-state index < -0.39 is 10.0 Å². The fourth-order valence-corrected chi connectivity index (χ4v) is 3.31. The molecule has 27 heavy (non-hydrogen) atoms. The summed E-state index contributed by atoms with van der Waals surface area (Å²) in [5.74, 6) is 0.702. The van der Waals surface area contributed by atoms with Gasteiger partial charge in [0.15, 0.2) is 5.96 Å². The molecule has 1 unspecified atom stereocenters. The Morgan fingerprint density at radius 2 is 2.04 bits per heavy atom. The predicted molar refractivity (Wildman–Crippen MR) is 118 cm³/mol. The van der Waals surface area contributed by atoms with Crippen molar-refractivity contribution in [1.82, 2.24) is 15.5 Å². The molecule has 0 amide bonds. The number of sulfonamides is 1. The van der Waals surface area contributed by atoms with Crippen LogP contribution >= 0.6 is 24.0 Å². The van der Waals surface area contributed by atoms with Crippen molar-refractivity contribution < 1.29 is 13.2 Å². The molecule has 0 bridgehead atoms. The van der Waals surface area contributed by atoms with E-state index in [1.165, 1.54) is 6.07 Å². The van der Waals surface area contributed by atoms with Crippen LogP contribution in [0.2, 0.25) is 0 Å². The molecule has 0 aliphatic carbocycles. The summed E-state index contributed by atoms with van der Waals surface area (Å²) in [5.41, 5.74) is 0.787. The molecule has 10 heteroatoms. The maximum atomic E-state index is 11.5. The number of hydrogen-bond donors (Lipinski definition) is 3. The van der Waals surface area contributed by atoms with Crippen LogP contribution in [-0.4, -0.2) is 64.7 Å². The zero-order chi connectivity index (χ0) is 19.0. The standard InChI is InChI=1S/C17H29N5O3S.HI/c1-3-19-17(20-12-14(2)22-7-9-25-10-8-22)21-13-15-5-4-6-16(11-15)26(18,23)24;/h4-6,11,14H,3,7-10,12-13H2,1-2H3,(H2,18,23,24)(H2,19,20,21);1H. The van der Waals surface area contributed by atoms with Crippen molar-refractivity contribution >= 4 is 40.0 Å². The Morgan fingerprint density at radius 3 is 2.67 bits per heavy atom. The average molecular weight is 511 g/mol. The van der Waals surface area contributed by atoms with Gasteiger partial charge in [-0.25, -0.2) is 18.5 Å². The number of benzene rings is 1. The second kappa shape index (κ2) is 11.8. The fourth-order valence-electron chi connectivity index (χ4n) is 2.72. The molecule has 0 saturated carbocycles. The highest BCUT2D eigenvalue weighted by Crippen LogP contribution is 2.10. The molecule has 1 heterocycles. The van der Waals surface area contributed by atoms with Gasteiger partial charge in [0.1, 0.15) is 0 Å². The molecular formula is C17H30IN5O3S. The Balaban J connectivity index is 0.00000364. The van der Waals surface area contributed by atoms with E-state index in [4.69, 9.17) is 9.88 Å². The van der Waals surface area contributed by atoms with Crippen molar-refractivity contribution in [1.29, 1.82) is 0 Å². The van der Waals surface area contributed by atoms with Crippen molar-refractivity contribution in [2.45, 2.75) is 31.3 Å². The summed E-state index contributed by atoms with van der Waals surface area (Å²) in [6.07, 6.45) is 0. The van der Waals surface area contributed by atoms with E-state index >= 15 is 0 Å². The second-order valence-corrected chi connectivity index (χ2v) is 7.83. The minimum atomic E-state index is -3.70. The van der Waals surface area contributed by atoms with Crippen LogP contribution in [0, 0.1) is 0 Å². The number of aliphatic imine (C=N–C) groups is 1. The largest absolute Gasteiger partial charge is 0.379 e. The minimum absolute atomic E-state index is 0. The summed E-state index contributed by atoms with van der Waals surface area (Å²) in [6.45, 7) is 9.50. The molecule has 4 N–H and O–H groups in total. The number of nitrogens with zero attached hydrogens (tertiary/aromatic N) is 2.